The van der Waals surface area contributed by atoms with Crippen LogP contribution in [0.1, 0.15) is 41.7 Å². The van der Waals surface area contributed by atoms with Crippen LogP contribution >= 0.6 is 0 Å². The SMILES string of the molecule is COc1ccc(CNc2ccc(C(=O)N3CCCCCC3)nc2)cc1OC. The fourth-order valence-corrected chi connectivity index (χ4v) is 3.26. The Kier molecular flexibility index (Phi) is 6.52. The van der Waals surface area contributed by atoms with Gasteiger partial charge in [0, 0.05) is 19.6 Å². The lowest BCUT2D eigenvalue weighted by Gasteiger charge is -2.19. The average molecular weight is 369 g/mol. The monoisotopic (exact) mass is 369 g/mol. The Morgan fingerprint density at radius 3 is 2.41 bits per heavy atom. The van der Waals surface area contributed by atoms with Crippen LogP contribution in [0, 0.1) is 0 Å². The van der Waals surface area contributed by atoms with Crippen LogP contribution in [0.4, 0.5) is 5.69 Å². The van der Waals surface area contributed by atoms with Gasteiger partial charge in [-0.25, -0.2) is 4.98 Å². The van der Waals surface area contributed by atoms with Gasteiger partial charge in [-0.2, -0.15) is 0 Å². The number of ether oxygens (including phenoxy) is 2. The van der Waals surface area contributed by atoms with E-state index in [-0.39, 0.29) is 5.91 Å². The van der Waals surface area contributed by atoms with Gasteiger partial charge in [-0.1, -0.05) is 18.9 Å². The maximum Gasteiger partial charge on any atom is 0.272 e. The van der Waals surface area contributed by atoms with E-state index in [2.05, 4.69) is 10.3 Å². The Hall–Kier alpha value is -2.76. The molecule has 0 radical (unpaired) electrons. The molecule has 2 aromatic rings. The highest BCUT2D eigenvalue weighted by atomic mass is 16.5. The van der Waals surface area contributed by atoms with Crippen LogP contribution in [0.3, 0.4) is 0 Å². The number of hydrogen-bond acceptors (Lipinski definition) is 5. The summed E-state index contributed by atoms with van der Waals surface area (Å²) in [5.74, 6) is 1.44. The minimum Gasteiger partial charge on any atom is -0.493 e. The molecule has 0 bridgehead atoms. The third kappa shape index (κ3) is 4.90. The largest absolute Gasteiger partial charge is 0.493 e. The highest BCUT2D eigenvalue weighted by Crippen LogP contribution is 2.27. The van der Waals surface area contributed by atoms with Crippen LogP contribution < -0.4 is 14.8 Å². The molecule has 1 N–H and O–H groups in total. The number of anilines is 1. The second-order valence-electron chi connectivity index (χ2n) is 6.68. The molecule has 0 atom stereocenters. The molecule has 6 nitrogen and oxygen atoms in total. The Balaban J connectivity index is 1.60. The van der Waals surface area contributed by atoms with Gasteiger partial charge in [-0.3, -0.25) is 4.79 Å². The standard InChI is InChI=1S/C21H27N3O3/c1-26-19-10-7-16(13-20(19)27-2)14-22-17-8-9-18(23-15-17)21(25)24-11-5-3-4-6-12-24/h7-10,13,15,22H,3-6,11-12,14H2,1-2H3. The molecule has 0 saturated carbocycles. The molecule has 27 heavy (non-hydrogen) atoms. The van der Waals surface area contributed by atoms with Gasteiger partial charge >= 0.3 is 0 Å². The summed E-state index contributed by atoms with van der Waals surface area (Å²) < 4.78 is 10.6. The first-order valence-corrected chi connectivity index (χ1v) is 9.41. The van der Waals surface area contributed by atoms with Gasteiger partial charge in [0.2, 0.25) is 0 Å². The van der Waals surface area contributed by atoms with Crippen molar-refractivity contribution in [3.8, 4) is 11.5 Å². The minimum atomic E-state index is 0.0309. The summed E-state index contributed by atoms with van der Waals surface area (Å²) in [6.45, 7) is 2.29. The second-order valence-corrected chi connectivity index (χ2v) is 6.68. The van der Waals surface area contributed by atoms with E-state index < -0.39 is 0 Å². The van der Waals surface area contributed by atoms with Crippen LogP contribution in [0.5, 0.6) is 11.5 Å². The number of aromatic nitrogens is 1. The summed E-state index contributed by atoms with van der Waals surface area (Å²) in [6.07, 6.45) is 6.28. The summed E-state index contributed by atoms with van der Waals surface area (Å²) in [5.41, 5.74) is 2.45. The van der Waals surface area contributed by atoms with E-state index in [1.54, 1.807) is 26.5 Å². The lowest BCUT2D eigenvalue weighted by Crippen LogP contribution is -2.32. The number of benzene rings is 1. The zero-order valence-electron chi connectivity index (χ0n) is 16.0. The number of amides is 1. The van der Waals surface area contributed by atoms with Gasteiger partial charge in [0.15, 0.2) is 11.5 Å². The number of nitrogens with one attached hydrogen (secondary N) is 1. The van der Waals surface area contributed by atoms with E-state index in [1.807, 2.05) is 29.2 Å². The number of rotatable bonds is 6. The highest BCUT2D eigenvalue weighted by Gasteiger charge is 2.18. The van der Waals surface area contributed by atoms with Crippen LogP contribution in [0.15, 0.2) is 36.5 Å². The zero-order valence-corrected chi connectivity index (χ0v) is 16.0. The van der Waals surface area contributed by atoms with Gasteiger partial charge in [0.05, 0.1) is 26.1 Å². The molecule has 2 heterocycles. The average Bonchev–Trinajstić information content (AvgIpc) is 3.01. The molecule has 3 rings (SSSR count). The number of nitrogens with zero attached hydrogens (tertiary/aromatic N) is 2. The summed E-state index contributed by atoms with van der Waals surface area (Å²) in [6, 6.07) is 9.51. The molecule has 1 aliphatic rings. The van der Waals surface area contributed by atoms with Gasteiger partial charge < -0.3 is 19.7 Å². The molecule has 0 aliphatic carbocycles. The van der Waals surface area contributed by atoms with Crippen molar-refractivity contribution in [2.75, 3.05) is 32.6 Å². The van der Waals surface area contributed by atoms with E-state index in [0.717, 1.165) is 37.2 Å². The number of hydrogen-bond donors (Lipinski definition) is 1. The van der Waals surface area contributed by atoms with E-state index in [1.165, 1.54) is 12.8 Å². The van der Waals surface area contributed by atoms with Crippen molar-refractivity contribution in [1.82, 2.24) is 9.88 Å². The lowest BCUT2D eigenvalue weighted by atomic mass is 10.2. The summed E-state index contributed by atoms with van der Waals surface area (Å²) in [5, 5.41) is 3.32. The Morgan fingerprint density at radius 1 is 1.04 bits per heavy atom. The van der Waals surface area contributed by atoms with Gasteiger partial charge in [0.1, 0.15) is 5.69 Å². The number of methoxy groups -OCH3 is 2. The van der Waals surface area contributed by atoms with E-state index in [4.69, 9.17) is 9.47 Å². The topological polar surface area (TPSA) is 63.7 Å². The van der Waals surface area contributed by atoms with Crippen molar-refractivity contribution in [1.29, 1.82) is 0 Å². The Labute approximate surface area is 160 Å². The van der Waals surface area contributed by atoms with Gasteiger partial charge in [0.25, 0.3) is 5.91 Å². The third-order valence-electron chi connectivity index (χ3n) is 4.82. The smallest absolute Gasteiger partial charge is 0.272 e. The fraction of sp³-hybridized carbons (Fsp3) is 0.429. The Morgan fingerprint density at radius 2 is 1.78 bits per heavy atom. The molecule has 1 saturated heterocycles. The first kappa shape index (κ1) is 19.0. The minimum absolute atomic E-state index is 0.0309. The number of carbonyl (C=O) groups is 1. The molecule has 1 fully saturated rings. The molecule has 1 aliphatic heterocycles. The first-order chi connectivity index (χ1) is 13.2. The molecule has 1 aromatic heterocycles. The molecule has 6 heteroatoms. The lowest BCUT2D eigenvalue weighted by molar-refractivity contribution is 0.0756. The fourth-order valence-electron chi connectivity index (χ4n) is 3.26. The van der Waals surface area contributed by atoms with Crippen molar-refractivity contribution in [2.24, 2.45) is 0 Å². The van der Waals surface area contributed by atoms with Gasteiger partial charge in [-0.15, -0.1) is 0 Å². The summed E-state index contributed by atoms with van der Waals surface area (Å²) >= 11 is 0. The van der Waals surface area contributed by atoms with Gasteiger partial charge in [-0.05, 0) is 42.7 Å². The van der Waals surface area contributed by atoms with Crippen LogP contribution in [0.25, 0.3) is 0 Å². The quantitative estimate of drug-likeness (QED) is 0.841. The molecule has 1 aromatic carbocycles. The normalized spacial score (nSPS) is 14.4. The zero-order chi connectivity index (χ0) is 19.1. The van der Waals surface area contributed by atoms with Crippen molar-refractivity contribution >= 4 is 11.6 Å². The summed E-state index contributed by atoms with van der Waals surface area (Å²) in [4.78, 5) is 18.9. The molecule has 0 unspecified atom stereocenters. The van der Waals surface area contributed by atoms with Crippen molar-refractivity contribution < 1.29 is 14.3 Å². The van der Waals surface area contributed by atoms with Crippen LogP contribution in [-0.2, 0) is 6.54 Å². The van der Waals surface area contributed by atoms with E-state index in [0.29, 0.717) is 23.7 Å². The molecule has 144 valence electrons. The van der Waals surface area contributed by atoms with E-state index in [9.17, 15) is 4.79 Å². The summed E-state index contributed by atoms with van der Waals surface area (Å²) in [7, 11) is 3.24. The predicted octanol–water partition coefficient (Wildman–Crippen LogP) is 3.73. The Bertz CT molecular complexity index is 754. The third-order valence-corrected chi connectivity index (χ3v) is 4.82. The highest BCUT2D eigenvalue weighted by molar-refractivity contribution is 5.92. The first-order valence-electron chi connectivity index (χ1n) is 9.41. The molecular weight excluding hydrogens is 342 g/mol. The van der Waals surface area contributed by atoms with Crippen LogP contribution in [-0.4, -0.2) is 43.1 Å². The predicted molar refractivity (Wildman–Crippen MR) is 105 cm³/mol. The maximum absolute atomic E-state index is 12.6. The number of carbonyl (C=O) groups excluding carboxylic acids is 1. The number of likely N-dealkylation sites (tertiary alicyclic amines) is 1. The van der Waals surface area contributed by atoms with Crippen molar-refractivity contribution in [3.63, 3.8) is 0 Å². The van der Waals surface area contributed by atoms with Crippen molar-refractivity contribution in [2.45, 2.75) is 32.2 Å². The second kappa shape index (κ2) is 9.26. The number of pyridine rings is 1. The molecule has 1 amide bonds. The van der Waals surface area contributed by atoms with Crippen molar-refractivity contribution in [3.05, 3.63) is 47.8 Å². The van der Waals surface area contributed by atoms with Crippen LogP contribution in [0.2, 0.25) is 0 Å². The maximum atomic E-state index is 12.6. The molecular formula is C21H27N3O3. The molecule has 0 spiro atoms. The van der Waals surface area contributed by atoms with E-state index >= 15 is 0 Å².